The lowest BCUT2D eigenvalue weighted by Gasteiger charge is -2.07. The van der Waals surface area contributed by atoms with Crippen molar-refractivity contribution >= 4 is 0 Å². The van der Waals surface area contributed by atoms with E-state index in [2.05, 4.69) is 45.0 Å². The van der Waals surface area contributed by atoms with Gasteiger partial charge in [-0.1, -0.05) is 45.4 Å². The molecule has 0 spiro atoms. The van der Waals surface area contributed by atoms with Gasteiger partial charge in [-0.15, -0.1) is 0 Å². The molecule has 0 N–H and O–H groups in total. The summed E-state index contributed by atoms with van der Waals surface area (Å²) in [6.45, 7) is 6.70. The topological polar surface area (TPSA) is 0 Å². The summed E-state index contributed by atoms with van der Waals surface area (Å²) in [6.07, 6.45) is 3.72. The lowest BCUT2D eigenvalue weighted by molar-refractivity contribution is 0.788. The number of aryl methyl sites for hydroxylation is 1. The Hall–Kier alpha value is -0.780. The molecule has 0 aliphatic heterocycles. The Balaban J connectivity index is 2.68. The largest absolute Gasteiger partial charge is 0.0654 e. The molecule has 0 heterocycles. The highest BCUT2D eigenvalue weighted by molar-refractivity contribution is 5.24. The molecule has 0 heteroatoms. The summed E-state index contributed by atoms with van der Waals surface area (Å²) in [5.74, 6) is 0.634. The number of hydrogen-bond acceptors (Lipinski definition) is 0. The predicted octanol–water partition coefficient (Wildman–Crippen LogP) is 3.95. The van der Waals surface area contributed by atoms with Crippen molar-refractivity contribution in [1.82, 2.24) is 0 Å². The van der Waals surface area contributed by atoms with Crippen molar-refractivity contribution in [3.8, 4) is 0 Å². The van der Waals surface area contributed by atoms with Crippen LogP contribution >= 0.6 is 0 Å². The van der Waals surface area contributed by atoms with Crippen molar-refractivity contribution in [1.29, 1.82) is 0 Å². The van der Waals surface area contributed by atoms with Gasteiger partial charge in [0.25, 0.3) is 0 Å². The minimum Gasteiger partial charge on any atom is -0.0654 e. The molecule has 0 fully saturated rings. The first-order valence-electron chi connectivity index (χ1n) is 5.24. The third kappa shape index (κ3) is 3.22. The minimum absolute atomic E-state index is 0.634. The normalized spacial score (nSPS) is 10.8. The molecule has 1 radical (unpaired) electrons. The maximum atomic E-state index is 3.30. The van der Waals surface area contributed by atoms with Crippen molar-refractivity contribution in [3.05, 3.63) is 35.4 Å². The van der Waals surface area contributed by atoms with E-state index >= 15 is 0 Å². The van der Waals surface area contributed by atoms with Gasteiger partial charge in [-0.2, -0.15) is 0 Å². The van der Waals surface area contributed by atoms with Gasteiger partial charge in [-0.25, -0.2) is 0 Å². The van der Waals surface area contributed by atoms with E-state index in [-0.39, 0.29) is 0 Å². The van der Waals surface area contributed by atoms with E-state index < -0.39 is 0 Å². The summed E-state index contributed by atoms with van der Waals surface area (Å²) in [6, 6.07) is 9.81. The maximum Gasteiger partial charge on any atom is -0.0149 e. The van der Waals surface area contributed by atoms with Crippen LogP contribution in [0, 0.1) is 6.07 Å². The molecule has 0 amide bonds. The number of unbranched alkanes of at least 4 members (excludes halogenated alkanes) is 1. The fraction of sp³-hybridized carbons (Fsp3) is 0.538. The van der Waals surface area contributed by atoms with Gasteiger partial charge in [-0.3, -0.25) is 0 Å². The van der Waals surface area contributed by atoms with Crippen LogP contribution in [0.3, 0.4) is 0 Å². The quantitative estimate of drug-likeness (QED) is 0.650. The van der Waals surface area contributed by atoms with E-state index in [0.29, 0.717) is 5.92 Å². The third-order valence-electron chi connectivity index (χ3n) is 2.35. The van der Waals surface area contributed by atoms with Gasteiger partial charge in [0.1, 0.15) is 0 Å². The number of hydrogen-bond donors (Lipinski definition) is 0. The van der Waals surface area contributed by atoms with E-state index in [1.807, 2.05) is 0 Å². The second-order valence-corrected chi connectivity index (χ2v) is 3.91. The van der Waals surface area contributed by atoms with Gasteiger partial charge in [0, 0.05) is 0 Å². The fourth-order valence-corrected chi connectivity index (χ4v) is 1.41. The molecule has 1 rings (SSSR count). The zero-order valence-corrected chi connectivity index (χ0v) is 8.93. The number of benzene rings is 1. The van der Waals surface area contributed by atoms with Crippen molar-refractivity contribution in [2.45, 2.75) is 46.0 Å². The Bertz CT molecular complexity index is 248. The molecule has 0 saturated carbocycles. The lowest BCUT2D eigenvalue weighted by atomic mass is 9.99. The molecule has 13 heavy (non-hydrogen) atoms. The molecule has 71 valence electrons. The smallest absolute Gasteiger partial charge is 0.0149 e. The van der Waals surface area contributed by atoms with E-state index in [0.717, 1.165) is 0 Å². The summed E-state index contributed by atoms with van der Waals surface area (Å²) < 4.78 is 0. The summed E-state index contributed by atoms with van der Waals surface area (Å²) >= 11 is 0. The second kappa shape index (κ2) is 5.06. The van der Waals surface area contributed by atoms with E-state index in [1.54, 1.807) is 0 Å². The van der Waals surface area contributed by atoms with E-state index in [9.17, 15) is 0 Å². The van der Waals surface area contributed by atoms with Crippen LogP contribution in [-0.2, 0) is 6.42 Å². The predicted molar refractivity (Wildman–Crippen MR) is 58.0 cm³/mol. The first-order chi connectivity index (χ1) is 6.24. The standard InChI is InChI=1S/C13H19/c1-4-5-7-12-8-6-9-13(10-12)11(2)3/h6,9-11H,4-5,7H2,1-3H3. The molecule has 0 saturated heterocycles. The molecule has 0 bridgehead atoms. The van der Waals surface area contributed by atoms with Crippen molar-refractivity contribution in [3.63, 3.8) is 0 Å². The molecular weight excluding hydrogens is 156 g/mol. The Kier molecular flexibility index (Phi) is 4.01. The van der Waals surface area contributed by atoms with Crippen molar-refractivity contribution in [2.75, 3.05) is 0 Å². The molecule has 0 aliphatic carbocycles. The Morgan fingerprint density at radius 1 is 1.38 bits per heavy atom. The summed E-state index contributed by atoms with van der Waals surface area (Å²) in [5.41, 5.74) is 2.80. The van der Waals surface area contributed by atoms with Crippen LogP contribution in [0.15, 0.2) is 18.2 Å². The number of rotatable bonds is 4. The molecule has 0 aromatic heterocycles. The van der Waals surface area contributed by atoms with Crippen LogP contribution in [-0.4, -0.2) is 0 Å². The molecule has 0 atom stereocenters. The minimum atomic E-state index is 0.634. The molecule has 1 aromatic rings. The SMILES string of the molecule is CCCCc1[c]ccc(C(C)C)c1. The van der Waals surface area contributed by atoms with Gasteiger partial charge < -0.3 is 0 Å². The second-order valence-electron chi connectivity index (χ2n) is 3.91. The third-order valence-corrected chi connectivity index (χ3v) is 2.35. The molecule has 0 aliphatic rings. The molecule has 0 unspecified atom stereocenters. The van der Waals surface area contributed by atoms with Crippen LogP contribution < -0.4 is 0 Å². The summed E-state index contributed by atoms with van der Waals surface area (Å²) in [7, 11) is 0. The monoisotopic (exact) mass is 175 g/mol. The van der Waals surface area contributed by atoms with Crippen LogP contribution in [0.5, 0.6) is 0 Å². The summed E-state index contributed by atoms with van der Waals surface area (Å²) in [5, 5.41) is 0. The van der Waals surface area contributed by atoms with Gasteiger partial charge in [0.15, 0.2) is 0 Å². The van der Waals surface area contributed by atoms with E-state index in [4.69, 9.17) is 0 Å². The van der Waals surface area contributed by atoms with Gasteiger partial charge in [0.05, 0.1) is 0 Å². The Morgan fingerprint density at radius 2 is 2.15 bits per heavy atom. The van der Waals surface area contributed by atoms with Crippen LogP contribution in [0.1, 0.15) is 50.7 Å². The first kappa shape index (κ1) is 10.3. The fourth-order valence-electron chi connectivity index (χ4n) is 1.41. The van der Waals surface area contributed by atoms with Gasteiger partial charge >= 0.3 is 0 Å². The van der Waals surface area contributed by atoms with Crippen molar-refractivity contribution < 1.29 is 0 Å². The average molecular weight is 175 g/mol. The highest BCUT2D eigenvalue weighted by Crippen LogP contribution is 2.16. The van der Waals surface area contributed by atoms with Crippen LogP contribution in [0.25, 0.3) is 0 Å². The van der Waals surface area contributed by atoms with Gasteiger partial charge in [-0.05, 0) is 36.0 Å². The van der Waals surface area contributed by atoms with Crippen LogP contribution in [0.2, 0.25) is 0 Å². The molecule has 0 nitrogen and oxygen atoms in total. The highest BCUT2D eigenvalue weighted by Gasteiger charge is 1.99. The summed E-state index contributed by atoms with van der Waals surface area (Å²) in [4.78, 5) is 0. The van der Waals surface area contributed by atoms with Crippen LogP contribution in [0.4, 0.5) is 0 Å². The van der Waals surface area contributed by atoms with Crippen molar-refractivity contribution in [2.24, 2.45) is 0 Å². The van der Waals surface area contributed by atoms with Gasteiger partial charge in [0.2, 0.25) is 0 Å². The lowest BCUT2D eigenvalue weighted by Crippen LogP contribution is -1.91. The highest BCUT2D eigenvalue weighted by atomic mass is 14.0. The van der Waals surface area contributed by atoms with E-state index in [1.165, 1.54) is 30.4 Å². The molecule has 1 aromatic carbocycles. The molecular formula is C13H19. The first-order valence-corrected chi connectivity index (χ1v) is 5.24. The Labute approximate surface area is 82.0 Å². The maximum absolute atomic E-state index is 3.30. The zero-order chi connectivity index (χ0) is 9.68. The average Bonchev–Trinajstić information content (AvgIpc) is 2.15. The Morgan fingerprint density at radius 3 is 2.77 bits per heavy atom. The zero-order valence-electron chi connectivity index (χ0n) is 8.93.